The predicted molar refractivity (Wildman–Crippen MR) is 66.4 cm³/mol. The lowest BCUT2D eigenvalue weighted by Gasteiger charge is -2.08. The topological polar surface area (TPSA) is 61.5 Å². The summed E-state index contributed by atoms with van der Waals surface area (Å²) in [6, 6.07) is 3.74. The molecule has 0 saturated heterocycles. The van der Waals surface area contributed by atoms with Gasteiger partial charge >= 0.3 is 0 Å². The van der Waals surface area contributed by atoms with Crippen LogP contribution < -0.4 is 5.56 Å². The fraction of sp³-hybridized carbons (Fsp3) is 0.273. The molecule has 0 aliphatic rings. The molecule has 5 heteroatoms. The van der Waals surface area contributed by atoms with Crippen molar-refractivity contribution < 1.29 is 0 Å². The largest absolute Gasteiger partial charge is 0.359 e. The normalized spacial score (nSPS) is 11.0. The van der Waals surface area contributed by atoms with Gasteiger partial charge in [0.25, 0.3) is 5.56 Å². The molecule has 0 amide bonds. The van der Waals surface area contributed by atoms with Crippen molar-refractivity contribution in [2.24, 2.45) is 0 Å². The molecule has 0 unspecified atom stereocenters. The Labute approximate surface area is 101 Å². The Bertz CT molecular complexity index is 543. The van der Waals surface area contributed by atoms with Gasteiger partial charge in [-0.3, -0.25) is 4.79 Å². The van der Waals surface area contributed by atoms with Crippen LogP contribution >= 0.6 is 15.9 Å². The lowest BCUT2D eigenvalue weighted by atomic mass is 10.1. The van der Waals surface area contributed by atoms with Gasteiger partial charge in [0.2, 0.25) is 0 Å². The van der Waals surface area contributed by atoms with Crippen LogP contribution in [0.3, 0.4) is 0 Å². The lowest BCUT2D eigenvalue weighted by Crippen LogP contribution is -2.14. The fourth-order valence-corrected chi connectivity index (χ4v) is 2.11. The maximum atomic E-state index is 11.7. The molecule has 84 valence electrons. The summed E-state index contributed by atoms with van der Waals surface area (Å²) in [4.78, 5) is 21.9. The second-order valence-electron chi connectivity index (χ2n) is 3.85. The van der Waals surface area contributed by atoms with Gasteiger partial charge in [0.05, 0.1) is 11.4 Å². The first kappa shape index (κ1) is 11.1. The molecule has 0 bridgehead atoms. The first-order valence-corrected chi connectivity index (χ1v) is 5.82. The molecule has 0 aliphatic heterocycles. The van der Waals surface area contributed by atoms with Gasteiger partial charge < -0.3 is 9.97 Å². The fourth-order valence-electron chi connectivity index (χ4n) is 1.46. The minimum absolute atomic E-state index is 0.150. The van der Waals surface area contributed by atoms with Crippen molar-refractivity contribution in [2.75, 3.05) is 0 Å². The highest BCUT2D eigenvalue weighted by Gasteiger charge is 2.13. The predicted octanol–water partition coefficient (Wildman–Crippen LogP) is 2.65. The van der Waals surface area contributed by atoms with E-state index in [0.29, 0.717) is 10.3 Å². The molecule has 0 fully saturated rings. The van der Waals surface area contributed by atoms with Crippen molar-refractivity contribution in [1.29, 1.82) is 0 Å². The summed E-state index contributed by atoms with van der Waals surface area (Å²) < 4.78 is 0.512. The highest BCUT2D eigenvalue weighted by molar-refractivity contribution is 9.10. The van der Waals surface area contributed by atoms with Gasteiger partial charge in [0.1, 0.15) is 4.47 Å². The van der Waals surface area contributed by atoms with Crippen LogP contribution in [0, 0.1) is 0 Å². The van der Waals surface area contributed by atoms with Gasteiger partial charge in [0, 0.05) is 6.20 Å². The highest BCUT2D eigenvalue weighted by atomic mass is 79.9. The molecule has 2 N–H and O–H groups in total. The van der Waals surface area contributed by atoms with Crippen LogP contribution in [-0.2, 0) is 0 Å². The molecular formula is C11H12BrN3O. The third-order valence-corrected chi connectivity index (χ3v) is 3.05. The zero-order chi connectivity index (χ0) is 11.7. The van der Waals surface area contributed by atoms with Crippen molar-refractivity contribution in [3.05, 3.63) is 38.9 Å². The number of nitrogens with one attached hydrogen (secondary N) is 2. The Kier molecular flexibility index (Phi) is 2.96. The molecule has 0 spiro atoms. The van der Waals surface area contributed by atoms with E-state index in [0.717, 1.165) is 11.4 Å². The maximum Gasteiger partial charge on any atom is 0.265 e. The van der Waals surface area contributed by atoms with E-state index in [9.17, 15) is 4.79 Å². The monoisotopic (exact) mass is 281 g/mol. The van der Waals surface area contributed by atoms with Gasteiger partial charge in [-0.2, -0.15) is 0 Å². The summed E-state index contributed by atoms with van der Waals surface area (Å²) in [7, 11) is 0. The van der Waals surface area contributed by atoms with Crippen molar-refractivity contribution >= 4 is 15.9 Å². The molecular weight excluding hydrogens is 270 g/mol. The Hall–Kier alpha value is -1.36. The Morgan fingerprint density at radius 1 is 1.44 bits per heavy atom. The molecule has 2 aromatic rings. The summed E-state index contributed by atoms with van der Waals surface area (Å²) in [6.45, 7) is 4.01. The van der Waals surface area contributed by atoms with E-state index in [1.165, 1.54) is 0 Å². The Balaban J connectivity index is 2.62. The van der Waals surface area contributed by atoms with Crippen LogP contribution in [0.4, 0.5) is 0 Å². The first-order valence-electron chi connectivity index (χ1n) is 5.03. The van der Waals surface area contributed by atoms with Crippen LogP contribution in [-0.4, -0.2) is 15.0 Å². The number of rotatable bonds is 2. The van der Waals surface area contributed by atoms with E-state index in [-0.39, 0.29) is 11.5 Å². The second-order valence-corrected chi connectivity index (χ2v) is 4.65. The zero-order valence-electron chi connectivity index (χ0n) is 9.04. The van der Waals surface area contributed by atoms with Crippen molar-refractivity contribution in [2.45, 2.75) is 19.8 Å². The van der Waals surface area contributed by atoms with Gasteiger partial charge in [-0.1, -0.05) is 13.8 Å². The lowest BCUT2D eigenvalue weighted by molar-refractivity contribution is 0.802. The van der Waals surface area contributed by atoms with E-state index in [2.05, 4.69) is 30.9 Å². The second kappa shape index (κ2) is 4.25. The van der Waals surface area contributed by atoms with Gasteiger partial charge in [-0.05, 0) is 34.0 Å². The first-order chi connectivity index (χ1) is 7.59. The average Bonchev–Trinajstić information content (AvgIpc) is 2.74. The molecule has 2 rings (SSSR count). The summed E-state index contributed by atoms with van der Waals surface area (Å²) in [5.41, 5.74) is 1.43. The number of hydrogen-bond acceptors (Lipinski definition) is 2. The Morgan fingerprint density at radius 3 is 2.75 bits per heavy atom. The third kappa shape index (κ3) is 1.95. The molecule has 2 aromatic heterocycles. The smallest absolute Gasteiger partial charge is 0.265 e. The molecule has 0 aromatic carbocycles. The van der Waals surface area contributed by atoms with Crippen LogP contribution in [0.5, 0.6) is 0 Å². The van der Waals surface area contributed by atoms with E-state index in [1.807, 2.05) is 26.0 Å². The SMILES string of the molecule is CC(C)c1nc(-c2ccc[nH]2)[nH]c(=O)c1Br. The van der Waals surface area contributed by atoms with Crippen molar-refractivity contribution in [3.8, 4) is 11.5 Å². The minimum atomic E-state index is -0.150. The molecule has 4 nitrogen and oxygen atoms in total. The Morgan fingerprint density at radius 2 is 2.19 bits per heavy atom. The third-order valence-electron chi connectivity index (χ3n) is 2.29. The minimum Gasteiger partial charge on any atom is -0.359 e. The quantitative estimate of drug-likeness (QED) is 0.889. The zero-order valence-corrected chi connectivity index (χ0v) is 10.6. The number of aromatic nitrogens is 3. The molecule has 0 atom stereocenters. The molecule has 2 heterocycles. The summed E-state index contributed by atoms with van der Waals surface area (Å²) in [6.07, 6.45) is 1.80. The van der Waals surface area contributed by atoms with Gasteiger partial charge in [-0.25, -0.2) is 4.98 Å². The number of aromatic amines is 2. The summed E-state index contributed by atoms with van der Waals surface area (Å²) >= 11 is 3.26. The van der Waals surface area contributed by atoms with E-state index >= 15 is 0 Å². The molecule has 0 saturated carbocycles. The average molecular weight is 282 g/mol. The maximum absolute atomic E-state index is 11.7. The van der Waals surface area contributed by atoms with E-state index < -0.39 is 0 Å². The molecule has 16 heavy (non-hydrogen) atoms. The number of halogens is 1. The standard InChI is InChI=1S/C11H12BrN3O/c1-6(2)9-8(12)11(16)15-10(14-9)7-4-3-5-13-7/h3-6,13H,1-2H3,(H,14,15,16). The number of H-pyrrole nitrogens is 2. The number of hydrogen-bond donors (Lipinski definition) is 2. The van der Waals surface area contributed by atoms with Crippen molar-refractivity contribution in [1.82, 2.24) is 15.0 Å². The van der Waals surface area contributed by atoms with E-state index in [4.69, 9.17) is 0 Å². The van der Waals surface area contributed by atoms with Crippen molar-refractivity contribution in [3.63, 3.8) is 0 Å². The molecule has 0 radical (unpaired) electrons. The highest BCUT2D eigenvalue weighted by Crippen LogP contribution is 2.21. The van der Waals surface area contributed by atoms with Gasteiger partial charge in [-0.15, -0.1) is 0 Å². The summed E-state index contributed by atoms with van der Waals surface area (Å²) in [5, 5.41) is 0. The van der Waals surface area contributed by atoms with Crippen LogP contribution in [0.15, 0.2) is 27.6 Å². The summed E-state index contributed by atoms with van der Waals surface area (Å²) in [5.74, 6) is 0.771. The van der Waals surface area contributed by atoms with Crippen LogP contribution in [0.1, 0.15) is 25.5 Å². The van der Waals surface area contributed by atoms with Crippen LogP contribution in [0.25, 0.3) is 11.5 Å². The molecule has 0 aliphatic carbocycles. The van der Waals surface area contributed by atoms with Gasteiger partial charge in [0.15, 0.2) is 5.82 Å². The number of nitrogens with zero attached hydrogens (tertiary/aromatic N) is 1. The van der Waals surface area contributed by atoms with E-state index in [1.54, 1.807) is 6.20 Å². The van der Waals surface area contributed by atoms with Crippen LogP contribution in [0.2, 0.25) is 0 Å².